The SMILES string of the molecule is CC1(C)Cc2cccc(CN3CCN(CC(F)(F)F)C(=O)C3)c2O1. The Morgan fingerprint density at radius 2 is 2.00 bits per heavy atom. The van der Waals surface area contributed by atoms with Crippen molar-refractivity contribution in [2.45, 2.75) is 38.6 Å². The van der Waals surface area contributed by atoms with Crippen molar-refractivity contribution in [1.82, 2.24) is 9.80 Å². The summed E-state index contributed by atoms with van der Waals surface area (Å²) in [4.78, 5) is 14.7. The Bertz CT molecular complexity index is 643. The summed E-state index contributed by atoms with van der Waals surface area (Å²) in [5.41, 5.74) is 1.87. The van der Waals surface area contributed by atoms with Gasteiger partial charge in [-0.15, -0.1) is 0 Å². The maximum atomic E-state index is 12.5. The van der Waals surface area contributed by atoms with Gasteiger partial charge in [-0.1, -0.05) is 18.2 Å². The van der Waals surface area contributed by atoms with E-state index in [2.05, 4.69) is 0 Å². The number of hydrogen-bond acceptors (Lipinski definition) is 3. The number of carbonyl (C=O) groups is 1. The topological polar surface area (TPSA) is 32.8 Å². The Morgan fingerprint density at radius 3 is 2.67 bits per heavy atom. The molecule has 0 atom stereocenters. The van der Waals surface area contributed by atoms with Gasteiger partial charge in [0.15, 0.2) is 0 Å². The molecule has 0 aliphatic carbocycles. The molecule has 0 unspecified atom stereocenters. The van der Waals surface area contributed by atoms with Crippen LogP contribution in [0.15, 0.2) is 18.2 Å². The first-order valence-electron chi connectivity index (χ1n) is 8.00. The maximum absolute atomic E-state index is 12.5. The molecule has 1 aromatic rings. The highest BCUT2D eigenvalue weighted by Gasteiger charge is 2.36. The number of nitrogens with zero attached hydrogens (tertiary/aromatic N) is 2. The van der Waals surface area contributed by atoms with Crippen molar-refractivity contribution in [1.29, 1.82) is 0 Å². The molecule has 2 heterocycles. The minimum absolute atomic E-state index is 0.00312. The molecule has 24 heavy (non-hydrogen) atoms. The van der Waals surface area contributed by atoms with Crippen LogP contribution >= 0.6 is 0 Å². The van der Waals surface area contributed by atoms with Crippen molar-refractivity contribution in [2.75, 3.05) is 26.2 Å². The fourth-order valence-corrected chi connectivity index (χ4v) is 3.32. The zero-order valence-electron chi connectivity index (χ0n) is 13.8. The molecule has 132 valence electrons. The quantitative estimate of drug-likeness (QED) is 0.847. The van der Waals surface area contributed by atoms with Gasteiger partial charge in [-0.25, -0.2) is 0 Å². The molecule has 4 nitrogen and oxygen atoms in total. The van der Waals surface area contributed by atoms with Crippen LogP contribution in [-0.4, -0.2) is 53.7 Å². The number of alkyl halides is 3. The molecule has 0 bridgehead atoms. The number of rotatable bonds is 3. The molecule has 2 aliphatic rings. The van der Waals surface area contributed by atoms with E-state index in [1.165, 1.54) is 0 Å². The van der Waals surface area contributed by atoms with Gasteiger partial charge in [-0.2, -0.15) is 13.2 Å². The second kappa shape index (κ2) is 5.95. The molecule has 0 radical (unpaired) electrons. The molecular formula is C17H21F3N2O2. The lowest BCUT2D eigenvalue weighted by Gasteiger charge is -2.34. The van der Waals surface area contributed by atoms with Gasteiger partial charge in [0, 0.05) is 31.6 Å². The van der Waals surface area contributed by atoms with Crippen molar-refractivity contribution in [3.05, 3.63) is 29.3 Å². The largest absolute Gasteiger partial charge is 0.487 e. The highest BCUT2D eigenvalue weighted by molar-refractivity contribution is 5.79. The van der Waals surface area contributed by atoms with Crippen LogP contribution in [0.25, 0.3) is 0 Å². The average Bonchev–Trinajstić information content (AvgIpc) is 2.76. The van der Waals surface area contributed by atoms with Crippen molar-refractivity contribution < 1.29 is 22.7 Å². The fraction of sp³-hybridized carbons (Fsp3) is 0.588. The van der Waals surface area contributed by atoms with Gasteiger partial charge in [0.25, 0.3) is 0 Å². The minimum Gasteiger partial charge on any atom is -0.487 e. The number of fused-ring (bicyclic) bond motifs is 1. The number of para-hydroxylation sites is 1. The number of halogens is 3. The Hall–Kier alpha value is -1.76. The van der Waals surface area contributed by atoms with Gasteiger partial charge in [0.1, 0.15) is 17.9 Å². The Labute approximate surface area is 139 Å². The van der Waals surface area contributed by atoms with Crippen molar-refractivity contribution >= 4 is 5.91 Å². The number of ether oxygens (including phenoxy) is 1. The zero-order valence-corrected chi connectivity index (χ0v) is 13.8. The predicted molar refractivity (Wildman–Crippen MR) is 82.8 cm³/mol. The third-order valence-electron chi connectivity index (χ3n) is 4.33. The molecule has 0 spiro atoms. The fourth-order valence-electron chi connectivity index (χ4n) is 3.32. The zero-order chi connectivity index (χ0) is 17.5. The lowest BCUT2D eigenvalue weighted by molar-refractivity contribution is -0.165. The van der Waals surface area contributed by atoms with E-state index < -0.39 is 18.6 Å². The second-order valence-electron chi connectivity index (χ2n) is 7.09. The van der Waals surface area contributed by atoms with Gasteiger partial charge >= 0.3 is 6.18 Å². The van der Waals surface area contributed by atoms with Crippen LogP contribution in [0.4, 0.5) is 13.2 Å². The first-order valence-corrected chi connectivity index (χ1v) is 8.00. The molecule has 0 saturated carbocycles. The van der Waals surface area contributed by atoms with E-state index in [9.17, 15) is 18.0 Å². The predicted octanol–water partition coefficient (Wildman–Crippen LogP) is 2.61. The average molecular weight is 342 g/mol. The Morgan fingerprint density at radius 1 is 1.25 bits per heavy atom. The molecule has 3 rings (SSSR count). The number of benzene rings is 1. The van der Waals surface area contributed by atoms with Crippen molar-refractivity contribution in [3.8, 4) is 5.75 Å². The third-order valence-corrected chi connectivity index (χ3v) is 4.33. The number of carbonyl (C=O) groups excluding carboxylic acids is 1. The van der Waals surface area contributed by atoms with Crippen LogP contribution in [0.3, 0.4) is 0 Å². The van der Waals surface area contributed by atoms with E-state index in [1.807, 2.05) is 36.9 Å². The highest BCUT2D eigenvalue weighted by atomic mass is 19.4. The van der Waals surface area contributed by atoms with Crippen LogP contribution in [-0.2, 0) is 17.8 Å². The summed E-state index contributed by atoms with van der Waals surface area (Å²) in [6.45, 7) is 3.91. The van der Waals surface area contributed by atoms with Crippen LogP contribution in [0.5, 0.6) is 5.75 Å². The lowest BCUT2D eigenvalue weighted by Crippen LogP contribution is -2.52. The summed E-state index contributed by atoms with van der Waals surface area (Å²) in [5, 5.41) is 0. The Kier molecular flexibility index (Phi) is 4.23. The smallest absolute Gasteiger partial charge is 0.406 e. The van der Waals surface area contributed by atoms with Gasteiger partial charge in [-0.05, 0) is 19.4 Å². The van der Waals surface area contributed by atoms with E-state index in [0.29, 0.717) is 13.1 Å². The molecule has 7 heteroatoms. The van der Waals surface area contributed by atoms with Crippen molar-refractivity contribution in [2.24, 2.45) is 0 Å². The Balaban J connectivity index is 1.65. The van der Waals surface area contributed by atoms with Crippen LogP contribution in [0.1, 0.15) is 25.0 Å². The lowest BCUT2D eigenvalue weighted by atomic mass is 10.0. The third kappa shape index (κ3) is 3.83. The summed E-state index contributed by atoms with van der Waals surface area (Å²) < 4.78 is 43.4. The van der Waals surface area contributed by atoms with Gasteiger partial charge in [-0.3, -0.25) is 9.69 Å². The normalized spacial score (nSPS) is 20.9. The highest BCUT2D eigenvalue weighted by Crippen LogP contribution is 2.38. The molecule has 1 aromatic carbocycles. The summed E-state index contributed by atoms with van der Waals surface area (Å²) in [7, 11) is 0. The van der Waals surface area contributed by atoms with Gasteiger partial charge < -0.3 is 9.64 Å². The van der Waals surface area contributed by atoms with Gasteiger partial charge in [0.2, 0.25) is 5.91 Å². The van der Waals surface area contributed by atoms with E-state index >= 15 is 0 Å². The maximum Gasteiger partial charge on any atom is 0.406 e. The van der Waals surface area contributed by atoms with E-state index in [1.54, 1.807) is 0 Å². The van der Waals surface area contributed by atoms with E-state index in [4.69, 9.17) is 4.74 Å². The second-order valence-corrected chi connectivity index (χ2v) is 7.09. The number of hydrogen-bond donors (Lipinski definition) is 0. The van der Waals surface area contributed by atoms with Crippen LogP contribution in [0, 0.1) is 0 Å². The summed E-state index contributed by atoms with van der Waals surface area (Å²) >= 11 is 0. The molecule has 0 N–H and O–H groups in total. The molecule has 1 saturated heterocycles. The van der Waals surface area contributed by atoms with E-state index in [0.717, 1.165) is 28.2 Å². The number of amides is 1. The minimum atomic E-state index is -4.35. The van der Waals surface area contributed by atoms with Gasteiger partial charge in [0.05, 0.1) is 6.54 Å². The summed E-state index contributed by atoms with van der Waals surface area (Å²) in [6.07, 6.45) is -3.52. The summed E-state index contributed by atoms with van der Waals surface area (Å²) in [5.74, 6) is 0.375. The standard InChI is InChI=1S/C17H21F3N2O2/c1-16(2)8-12-4-3-5-13(15(12)24-16)9-21-6-7-22(14(23)10-21)11-17(18,19)20/h3-5H,6-11H2,1-2H3. The van der Waals surface area contributed by atoms with Crippen molar-refractivity contribution in [3.63, 3.8) is 0 Å². The van der Waals surface area contributed by atoms with Crippen LogP contribution < -0.4 is 4.74 Å². The van der Waals surface area contributed by atoms with E-state index in [-0.39, 0.29) is 18.7 Å². The molecule has 2 aliphatic heterocycles. The molecule has 1 fully saturated rings. The molecule has 1 amide bonds. The summed E-state index contributed by atoms with van der Waals surface area (Å²) in [6, 6.07) is 5.94. The first-order chi connectivity index (χ1) is 11.1. The van der Waals surface area contributed by atoms with Crippen LogP contribution in [0.2, 0.25) is 0 Å². The molecule has 0 aromatic heterocycles. The number of piperazine rings is 1. The monoisotopic (exact) mass is 342 g/mol. The molecular weight excluding hydrogens is 321 g/mol. The first kappa shape index (κ1) is 17.1.